The minimum atomic E-state index is -1.94. The molecule has 0 saturated heterocycles. The highest BCUT2D eigenvalue weighted by Crippen LogP contribution is 2.72. The zero-order valence-corrected chi connectivity index (χ0v) is 17.2. The third kappa shape index (κ3) is 2.15. The van der Waals surface area contributed by atoms with Crippen molar-refractivity contribution in [2.45, 2.75) is 65.0 Å². The zero-order valence-electron chi connectivity index (χ0n) is 17.2. The van der Waals surface area contributed by atoms with E-state index in [1.807, 2.05) is 13.0 Å². The third-order valence-corrected chi connectivity index (χ3v) is 8.45. The lowest BCUT2D eigenvalue weighted by Gasteiger charge is -2.52. The fraction of sp³-hybridized carbons (Fsp3) is 0.773. The van der Waals surface area contributed by atoms with Crippen LogP contribution in [0.5, 0.6) is 0 Å². The van der Waals surface area contributed by atoms with E-state index in [9.17, 15) is 25.2 Å². The van der Waals surface area contributed by atoms with E-state index in [-0.39, 0.29) is 28.7 Å². The van der Waals surface area contributed by atoms with Gasteiger partial charge in [-0.2, -0.15) is 0 Å². The number of rotatable bonds is 2. The maximum Gasteiger partial charge on any atom is 0.303 e. The van der Waals surface area contributed by atoms with Gasteiger partial charge in [0.25, 0.3) is 0 Å². The van der Waals surface area contributed by atoms with Crippen molar-refractivity contribution in [2.24, 2.45) is 34.5 Å². The molecule has 156 valence electrons. The topological polar surface area (TPSA) is 107 Å². The van der Waals surface area contributed by atoms with Crippen molar-refractivity contribution in [1.82, 2.24) is 0 Å². The molecule has 0 amide bonds. The van der Waals surface area contributed by atoms with Crippen molar-refractivity contribution in [2.75, 3.05) is 6.61 Å². The second kappa shape index (κ2) is 5.91. The SMILES string of the molecule is CC(=O)O[C@H]1C(C)=C[C@]23C(O)[C@@H](C=C(CO)[C@@H](O)[C@]12O)[C@H]1[C@@H](C[C@H]3C)C1(C)C. The predicted octanol–water partition coefficient (Wildman–Crippen LogP) is 1.18. The van der Waals surface area contributed by atoms with Gasteiger partial charge in [0.05, 0.1) is 18.1 Å². The molecule has 0 radical (unpaired) electrons. The predicted molar refractivity (Wildman–Crippen MR) is 102 cm³/mol. The summed E-state index contributed by atoms with van der Waals surface area (Å²) in [7, 11) is 0. The molecule has 0 heterocycles. The molecular weight excluding hydrogens is 360 g/mol. The Morgan fingerprint density at radius 2 is 1.96 bits per heavy atom. The smallest absolute Gasteiger partial charge is 0.303 e. The van der Waals surface area contributed by atoms with E-state index in [0.717, 1.165) is 6.42 Å². The first-order valence-corrected chi connectivity index (χ1v) is 10.2. The molecule has 0 aromatic rings. The minimum absolute atomic E-state index is 0.0542. The number of hydrogen-bond acceptors (Lipinski definition) is 6. The summed E-state index contributed by atoms with van der Waals surface area (Å²) in [5.74, 6) is -0.412. The molecule has 1 unspecified atom stereocenters. The Labute approximate surface area is 165 Å². The number of aliphatic hydroxyl groups is 4. The Morgan fingerprint density at radius 3 is 2.54 bits per heavy atom. The summed E-state index contributed by atoms with van der Waals surface area (Å²) in [5, 5.41) is 45.0. The molecule has 1 spiro atoms. The van der Waals surface area contributed by atoms with Gasteiger partial charge in [-0.05, 0) is 47.7 Å². The fourth-order valence-corrected chi connectivity index (χ4v) is 7.07. The van der Waals surface area contributed by atoms with E-state index < -0.39 is 41.9 Å². The Morgan fingerprint density at radius 1 is 1.32 bits per heavy atom. The number of aliphatic hydroxyl groups excluding tert-OH is 3. The van der Waals surface area contributed by atoms with E-state index in [0.29, 0.717) is 11.5 Å². The van der Waals surface area contributed by atoms with Crippen LogP contribution >= 0.6 is 0 Å². The summed E-state index contributed by atoms with van der Waals surface area (Å²) in [4.78, 5) is 11.8. The van der Waals surface area contributed by atoms with Crippen molar-refractivity contribution < 1.29 is 30.0 Å². The molecule has 6 heteroatoms. The summed E-state index contributed by atoms with van der Waals surface area (Å²) in [6.07, 6.45) is 0.922. The van der Waals surface area contributed by atoms with Crippen LogP contribution in [0.25, 0.3) is 0 Å². The van der Waals surface area contributed by atoms with Crippen LogP contribution in [0.1, 0.15) is 41.0 Å². The number of ether oxygens (including phenoxy) is 1. The molecule has 4 N–H and O–H groups in total. The maximum absolute atomic E-state index is 12.0. The Balaban J connectivity index is 1.95. The molecule has 0 aromatic heterocycles. The first-order valence-electron chi connectivity index (χ1n) is 10.2. The maximum atomic E-state index is 12.0. The van der Waals surface area contributed by atoms with E-state index in [2.05, 4.69) is 13.8 Å². The van der Waals surface area contributed by atoms with E-state index in [1.165, 1.54) is 6.92 Å². The fourth-order valence-electron chi connectivity index (χ4n) is 7.07. The lowest BCUT2D eigenvalue weighted by atomic mass is 9.58. The molecule has 4 aliphatic rings. The third-order valence-electron chi connectivity index (χ3n) is 8.45. The largest absolute Gasteiger partial charge is 0.455 e. The number of carbonyl (C=O) groups excluding carboxylic acids is 1. The molecule has 2 saturated carbocycles. The van der Waals surface area contributed by atoms with Gasteiger partial charge in [0.1, 0.15) is 11.7 Å². The van der Waals surface area contributed by atoms with Crippen molar-refractivity contribution in [3.8, 4) is 0 Å². The normalized spacial score (nSPS) is 51.1. The quantitative estimate of drug-likeness (QED) is 0.415. The molecule has 9 atom stereocenters. The molecule has 0 aliphatic heterocycles. The van der Waals surface area contributed by atoms with Crippen molar-refractivity contribution in [3.05, 3.63) is 23.3 Å². The van der Waals surface area contributed by atoms with Crippen LogP contribution in [0.15, 0.2) is 23.3 Å². The van der Waals surface area contributed by atoms with Crippen molar-refractivity contribution in [1.29, 1.82) is 0 Å². The number of fused-ring (bicyclic) bond motifs is 3. The van der Waals surface area contributed by atoms with Gasteiger partial charge in [-0.3, -0.25) is 4.79 Å². The van der Waals surface area contributed by atoms with E-state index >= 15 is 0 Å². The van der Waals surface area contributed by atoms with Gasteiger partial charge in [0.2, 0.25) is 0 Å². The zero-order chi connectivity index (χ0) is 20.8. The van der Waals surface area contributed by atoms with Gasteiger partial charge in [-0.1, -0.05) is 32.9 Å². The highest BCUT2D eigenvalue weighted by Gasteiger charge is 2.76. The number of hydrogen-bond donors (Lipinski definition) is 4. The molecule has 6 nitrogen and oxygen atoms in total. The van der Waals surface area contributed by atoms with Crippen molar-refractivity contribution in [3.63, 3.8) is 0 Å². The van der Waals surface area contributed by atoms with Crippen LogP contribution in [-0.2, 0) is 9.53 Å². The second-order valence-corrected chi connectivity index (χ2v) is 10.1. The highest BCUT2D eigenvalue weighted by molar-refractivity contribution is 5.67. The average Bonchev–Trinajstić information content (AvgIpc) is 3.10. The van der Waals surface area contributed by atoms with E-state index in [4.69, 9.17) is 4.74 Å². The molecule has 0 aromatic carbocycles. The second-order valence-electron chi connectivity index (χ2n) is 10.1. The summed E-state index contributed by atoms with van der Waals surface area (Å²) in [6, 6.07) is 0. The van der Waals surface area contributed by atoms with Crippen LogP contribution in [-0.4, -0.2) is 56.9 Å². The van der Waals surface area contributed by atoms with Crippen LogP contribution in [0.3, 0.4) is 0 Å². The van der Waals surface area contributed by atoms with Crippen molar-refractivity contribution >= 4 is 5.97 Å². The van der Waals surface area contributed by atoms with Gasteiger partial charge >= 0.3 is 5.97 Å². The first kappa shape index (κ1) is 20.1. The molecule has 4 aliphatic carbocycles. The van der Waals surface area contributed by atoms with Gasteiger partial charge in [0.15, 0.2) is 6.10 Å². The minimum Gasteiger partial charge on any atom is -0.455 e. The summed E-state index contributed by atoms with van der Waals surface area (Å²) in [6.45, 7) is 8.97. The monoisotopic (exact) mass is 392 g/mol. The van der Waals surface area contributed by atoms with Crippen LogP contribution in [0.2, 0.25) is 0 Å². The lowest BCUT2D eigenvalue weighted by molar-refractivity contribution is -0.224. The van der Waals surface area contributed by atoms with Crippen LogP contribution in [0, 0.1) is 34.5 Å². The lowest BCUT2D eigenvalue weighted by Crippen LogP contribution is -2.66. The Bertz CT molecular complexity index is 769. The number of esters is 1. The first-order chi connectivity index (χ1) is 12.9. The van der Waals surface area contributed by atoms with E-state index in [1.54, 1.807) is 13.0 Å². The van der Waals surface area contributed by atoms with Gasteiger partial charge in [0, 0.05) is 12.8 Å². The Kier molecular flexibility index (Phi) is 4.24. The number of carbonyl (C=O) groups is 1. The molecule has 28 heavy (non-hydrogen) atoms. The highest BCUT2D eigenvalue weighted by atomic mass is 16.6. The van der Waals surface area contributed by atoms with Crippen LogP contribution < -0.4 is 0 Å². The molecule has 2 fully saturated rings. The van der Waals surface area contributed by atoms with Crippen LogP contribution in [0.4, 0.5) is 0 Å². The average molecular weight is 392 g/mol. The summed E-state index contributed by atoms with van der Waals surface area (Å²) < 4.78 is 5.48. The molecular formula is C22H32O6. The Hall–Kier alpha value is -1.21. The standard InChI is InChI=1S/C22H32O6/c1-10-8-21-11(2)6-15-16(20(15,4)5)14(18(21)26)7-13(9-23)17(25)22(21,27)19(10)28-12(3)24/h7-8,11,14-19,23,25-27H,6,9H2,1-5H3/t11-,14+,15-,16+,17-,18?,19+,21+,22+/m1/s1. The molecule has 4 rings (SSSR count). The van der Waals surface area contributed by atoms with Gasteiger partial charge < -0.3 is 25.2 Å². The summed E-state index contributed by atoms with van der Waals surface area (Å²) >= 11 is 0. The summed E-state index contributed by atoms with van der Waals surface area (Å²) in [5.41, 5.74) is -2.15. The van der Waals surface area contributed by atoms with Gasteiger partial charge in [-0.25, -0.2) is 0 Å². The molecule has 2 bridgehead atoms. The van der Waals surface area contributed by atoms with Gasteiger partial charge in [-0.15, -0.1) is 0 Å².